The lowest BCUT2D eigenvalue weighted by Gasteiger charge is -2.35. The van der Waals surface area contributed by atoms with Gasteiger partial charge in [0.1, 0.15) is 17.9 Å². The second kappa shape index (κ2) is 7.46. The molecule has 140 valence electrons. The highest BCUT2D eigenvalue weighted by Gasteiger charge is 2.25. The first-order chi connectivity index (χ1) is 13.7. The number of aromatic amines is 2. The standard InChI is InChI=1S/C19H16N6O3/c20-9-15-16(8-14(23-24-15)13-10-21-19(27)22-18(13)26)25-6-7-28-17(11-25)12-4-2-1-3-5-12/h1-5,8,10,17H,6-7,11H2,(H2,21,22,26,27). The van der Waals surface area contributed by atoms with Crippen LogP contribution >= 0.6 is 0 Å². The Hall–Kier alpha value is -3.77. The van der Waals surface area contributed by atoms with Crippen LogP contribution in [0.5, 0.6) is 0 Å². The average molecular weight is 376 g/mol. The van der Waals surface area contributed by atoms with Crippen molar-refractivity contribution in [2.45, 2.75) is 6.10 Å². The van der Waals surface area contributed by atoms with Crippen molar-refractivity contribution >= 4 is 5.69 Å². The van der Waals surface area contributed by atoms with E-state index in [1.165, 1.54) is 6.20 Å². The van der Waals surface area contributed by atoms with Crippen LogP contribution in [-0.4, -0.2) is 39.9 Å². The fraction of sp³-hybridized carbons (Fsp3) is 0.211. The first-order valence-corrected chi connectivity index (χ1v) is 8.67. The molecule has 0 bridgehead atoms. The average Bonchev–Trinajstić information content (AvgIpc) is 2.74. The number of anilines is 1. The van der Waals surface area contributed by atoms with E-state index >= 15 is 0 Å². The first-order valence-electron chi connectivity index (χ1n) is 8.67. The molecule has 28 heavy (non-hydrogen) atoms. The second-order valence-electron chi connectivity index (χ2n) is 6.28. The van der Waals surface area contributed by atoms with Gasteiger partial charge >= 0.3 is 5.69 Å². The van der Waals surface area contributed by atoms with Gasteiger partial charge in [0.2, 0.25) is 0 Å². The van der Waals surface area contributed by atoms with E-state index in [2.05, 4.69) is 26.2 Å². The molecule has 0 aliphatic carbocycles. The molecular formula is C19H16N6O3. The molecule has 0 spiro atoms. The molecule has 1 saturated heterocycles. The highest BCUT2D eigenvalue weighted by molar-refractivity contribution is 5.66. The molecule has 2 aromatic heterocycles. The van der Waals surface area contributed by atoms with Gasteiger partial charge in [0.05, 0.1) is 17.9 Å². The van der Waals surface area contributed by atoms with Crippen LogP contribution in [0.1, 0.15) is 17.4 Å². The second-order valence-corrected chi connectivity index (χ2v) is 6.28. The van der Waals surface area contributed by atoms with Gasteiger partial charge in [-0.2, -0.15) is 5.26 Å². The van der Waals surface area contributed by atoms with Gasteiger partial charge in [-0.25, -0.2) is 4.79 Å². The molecule has 1 fully saturated rings. The number of hydrogen-bond donors (Lipinski definition) is 2. The van der Waals surface area contributed by atoms with Gasteiger partial charge in [-0.15, -0.1) is 10.2 Å². The fourth-order valence-electron chi connectivity index (χ4n) is 3.17. The molecule has 3 aromatic rings. The summed E-state index contributed by atoms with van der Waals surface area (Å²) in [5.41, 5.74) is 1.05. The first kappa shape index (κ1) is 17.6. The van der Waals surface area contributed by atoms with Crippen molar-refractivity contribution in [1.29, 1.82) is 5.26 Å². The Balaban J connectivity index is 1.71. The number of hydrogen-bond acceptors (Lipinski definition) is 7. The smallest absolute Gasteiger partial charge is 0.325 e. The van der Waals surface area contributed by atoms with Gasteiger partial charge in [-0.3, -0.25) is 9.78 Å². The minimum atomic E-state index is -0.602. The van der Waals surface area contributed by atoms with Crippen LogP contribution in [0.3, 0.4) is 0 Å². The number of morpholine rings is 1. The zero-order chi connectivity index (χ0) is 19.5. The molecule has 9 nitrogen and oxygen atoms in total. The van der Waals surface area contributed by atoms with E-state index in [0.29, 0.717) is 25.4 Å². The van der Waals surface area contributed by atoms with Gasteiger partial charge in [0.25, 0.3) is 5.56 Å². The number of H-pyrrole nitrogens is 2. The van der Waals surface area contributed by atoms with Crippen molar-refractivity contribution in [1.82, 2.24) is 20.2 Å². The summed E-state index contributed by atoms with van der Waals surface area (Å²) in [4.78, 5) is 29.9. The molecule has 1 aromatic carbocycles. The summed E-state index contributed by atoms with van der Waals surface area (Å²) in [6, 6.07) is 13.5. The largest absolute Gasteiger partial charge is 0.370 e. The quantitative estimate of drug-likeness (QED) is 0.697. The lowest BCUT2D eigenvalue weighted by Crippen LogP contribution is -2.39. The Morgan fingerprint density at radius 3 is 2.79 bits per heavy atom. The monoisotopic (exact) mass is 376 g/mol. The molecule has 2 N–H and O–H groups in total. The Kier molecular flexibility index (Phi) is 4.70. The summed E-state index contributed by atoms with van der Waals surface area (Å²) in [6.07, 6.45) is 1.14. The van der Waals surface area contributed by atoms with E-state index in [1.807, 2.05) is 35.2 Å². The summed E-state index contributed by atoms with van der Waals surface area (Å²) >= 11 is 0. The van der Waals surface area contributed by atoms with Gasteiger partial charge in [0, 0.05) is 19.3 Å². The molecule has 9 heteroatoms. The van der Waals surface area contributed by atoms with Crippen LogP contribution in [0, 0.1) is 11.3 Å². The van der Waals surface area contributed by atoms with Crippen molar-refractivity contribution in [2.24, 2.45) is 0 Å². The lowest BCUT2D eigenvalue weighted by molar-refractivity contribution is 0.0397. The van der Waals surface area contributed by atoms with Gasteiger partial charge < -0.3 is 14.6 Å². The predicted molar refractivity (Wildman–Crippen MR) is 101 cm³/mol. The zero-order valence-corrected chi connectivity index (χ0v) is 14.8. The highest BCUT2D eigenvalue weighted by atomic mass is 16.5. The summed E-state index contributed by atoms with van der Waals surface area (Å²) < 4.78 is 5.88. The third-order valence-corrected chi connectivity index (χ3v) is 4.55. The third kappa shape index (κ3) is 3.41. The number of ether oxygens (including phenoxy) is 1. The Bertz CT molecular complexity index is 1150. The van der Waals surface area contributed by atoms with E-state index in [4.69, 9.17) is 4.74 Å². The van der Waals surface area contributed by atoms with Crippen LogP contribution < -0.4 is 16.1 Å². The van der Waals surface area contributed by atoms with E-state index in [1.54, 1.807) is 6.07 Å². The third-order valence-electron chi connectivity index (χ3n) is 4.55. The molecule has 0 saturated carbocycles. The molecular weight excluding hydrogens is 360 g/mol. The molecule has 1 atom stereocenters. The number of rotatable bonds is 3. The zero-order valence-electron chi connectivity index (χ0n) is 14.8. The maximum absolute atomic E-state index is 12.1. The molecule has 1 unspecified atom stereocenters. The Morgan fingerprint density at radius 2 is 2.04 bits per heavy atom. The van der Waals surface area contributed by atoms with Crippen molar-refractivity contribution in [3.05, 3.63) is 74.7 Å². The van der Waals surface area contributed by atoms with Crippen molar-refractivity contribution < 1.29 is 4.74 Å². The highest BCUT2D eigenvalue weighted by Crippen LogP contribution is 2.29. The van der Waals surface area contributed by atoms with Gasteiger partial charge in [-0.05, 0) is 11.6 Å². The summed E-state index contributed by atoms with van der Waals surface area (Å²) in [6.45, 7) is 1.60. The molecule has 4 rings (SSSR count). The topological polar surface area (TPSA) is 128 Å². The molecule has 0 radical (unpaired) electrons. The van der Waals surface area contributed by atoms with Gasteiger partial charge in [-0.1, -0.05) is 30.3 Å². The number of nitrogens with one attached hydrogen (secondary N) is 2. The van der Waals surface area contributed by atoms with Crippen LogP contribution in [0.15, 0.2) is 52.2 Å². The maximum atomic E-state index is 12.1. The van der Waals surface area contributed by atoms with Crippen LogP contribution in [0.4, 0.5) is 5.69 Å². The minimum Gasteiger partial charge on any atom is -0.370 e. The summed E-state index contributed by atoms with van der Waals surface area (Å²) in [7, 11) is 0. The van der Waals surface area contributed by atoms with E-state index in [9.17, 15) is 14.9 Å². The van der Waals surface area contributed by atoms with Crippen molar-refractivity contribution in [3.63, 3.8) is 0 Å². The van der Waals surface area contributed by atoms with Crippen molar-refractivity contribution in [2.75, 3.05) is 24.6 Å². The molecule has 1 aliphatic rings. The number of benzene rings is 1. The normalized spacial score (nSPS) is 16.5. The van der Waals surface area contributed by atoms with Gasteiger partial charge in [0.15, 0.2) is 5.69 Å². The Morgan fingerprint density at radius 1 is 1.21 bits per heavy atom. The molecule has 3 heterocycles. The maximum Gasteiger partial charge on any atom is 0.325 e. The number of nitrogens with zero attached hydrogens (tertiary/aromatic N) is 4. The van der Waals surface area contributed by atoms with Crippen LogP contribution in [-0.2, 0) is 4.74 Å². The predicted octanol–water partition coefficient (Wildman–Crippen LogP) is 0.970. The van der Waals surface area contributed by atoms with E-state index in [0.717, 1.165) is 5.56 Å². The van der Waals surface area contributed by atoms with Crippen LogP contribution in [0.25, 0.3) is 11.3 Å². The van der Waals surface area contributed by atoms with E-state index < -0.39 is 11.2 Å². The summed E-state index contributed by atoms with van der Waals surface area (Å²) in [5.74, 6) is 0. The molecule has 0 amide bonds. The Labute approximate surface area is 159 Å². The minimum absolute atomic E-state index is 0.144. The fourth-order valence-corrected chi connectivity index (χ4v) is 3.17. The molecule has 1 aliphatic heterocycles. The lowest BCUT2D eigenvalue weighted by atomic mass is 10.1. The van der Waals surface area contributed by atoms with Crippen molar-refractivity contribution in [3.8, 4) is 17.3 Å². The van der Waals surface area contributed by atoms with Crippen LogP contribution in [0.2, 0.25) is 0 Å². The summed E-state index contributed by atoms with van der Waals surface area (Å²) in [5, 5.41) is 17.4. The number of aromatic nitrogens is 4. The van der Waals surface area contributed by atoms with E-state index in [-0.39, 0.29) is 23.1 Å². The SMILES string of the molecule is N#Cc1nnc(-c2c[nH]c(=O)[nH]c2=O)cc1N1CCOC(c2ccccc2)C1. The number of nitriles is 1.